The average Bonchev–Trinajstić information content (AvgIpc) is 4.07. The first-order valence-corrected chi connectivity index (χ1v) is 23.8. The van der Waals surface area contributed by atoms with Crippen LogP contribution in [0.4, 0.5) is 0 Å². The molecule has 0 radical (unpaired) electrons. The number of ether oxygens (including phenoxy) is 1. The standard InChI is InChI=1S/C64H43N5O.Pt/c1-64(2,3)41-35-36-65-61(37-41)69-57-30-13-10-25-51(57)52-34-33-44(39-60(52)69)70-43-18-14-17-42(38-43)66-40-67-62-53(26-15-31-58(62)66)47-21-6-4-19-45(47)46-20-5-7-22-48(46)54-27-16-32-59(63(54)67)68-55-28-11-8-23-49(55)50-24-9-12-29-56(50)68;/h4-37H,1-3H3;/q-2;. The molecule has 0 fully saturated rings. The van der Waals surface area contributed by atoms with E-state index in [0.717, 1.165) is 89.0 Å². The van der Waals surface area contributed by atoms with Crippen LogP contribution >= 0.6 is 0 Å². The second-order valence-electron chi connectivity index (χ2n) is 19.2. The van der Waals surface area contributed by atoms with Crippen LogP contribution in [-0.4, -0.2) is 18.7 Å². The molecule has 5 heterocycles. The predicted octanol–water partition coefficient (Wildman–Crippen LogP) is 15.3. The van der Waals surface area contributed by atoms with Gasteiger partial charge in [0.1, 0.15) is 5.82 Å². The minimum atomic E-state index is -0.0396. The molecule has 71 heavy (non-hydrogen) atoms. The molecular weight excluding hydrogens is 1050 g/mol. The summed E-state index contributed by atoms with van der Waals surface area (Å²) in [6, 6.07) is 78.6. The van der Waals surface area contributed by atoms with E-state index < -0.39 is 0 Å². The van der Waals surface area contributed by atoms with Gasteiger partial charge in [0.2, 0.25) is 0 Å². The zero-order valence-electron chi connectivity index (χ0n) is 39.1. The number of nitrogens with zero attached hydrogens (tertiary/aromatic N) is 5. The average molecular weight is 1090 g/mol. The Labute approximate surface area is 425 Å². The summed E-state index contributed by atoms with van der Waals surface area (Å²) in [5.74, 6) is 1.99. The Morgan fingerprint density at radius 2 is 1.01 bits per heavy atom. The summed E-state index contributed by atoms with van der Waals surface area (Å²) in [7, 11) is 0. The number of imidazole rings is 1. The van der Waals surface area contributed by atoms with E-state index in [2.05, 4.69) is 239 Å². The minimum absolute atomic E-state index is 0. The molecule has 0 N–H and O–H groups in total. The van der Waals surface area contributed by atoms with Gasteiger partial charge in [-0.25, -0.2) is 4.98 Å². The molecule has 9 aromatic carbocycles. The Hall–Kier alpha value is -8.31. The van der Waals surface area contributed by atoms with Crippen molar-refractivity contribution in [2.45, 2.75) is 26.2 Å². The van der Waals surface area contributed by atoms with Crippen molar-refractivity contribution >= 4 is 54.6 Å². The number of hydrogen-bond acceptors (Lipinski definition) is 2. The van der Waals surface area contributed by atoms with Gasteiger partial charge in [0.15, 0.2) is 0 Å². The van der Waals surface area contributed by atoms with Crippen LogP contribution in [0.3, 0.4) is 0 Å². The second-order valence-corrected chi connectivity index (χ2v) is 19.2. The predicted molar refractivity (Wildman–Crippen MR) is 283 cm³/mol. The number of benzene rings is 9. The molecule has 0 spiro atoms. The van der Waals surface area contributed by atoms with Crippen molar-refractivity contribution in [2.24, 2.45) is 0 Å². The van der Waals surface area contributed by atoms with Gasteiger partial charge in [0, 0.05) is 55.1 Å². The Kier molecular flexibility index (Phi) is 9.88. The summed E-state index contributed by atoms with van der Waals surface area (Å²) in [4.78, 5) is 4.89. The van der Waals surface area contributed by atoms with Crippen LogP contribution in [0.5, 0.6) is 11.5 Å². The van der Waals surface area contributed by atoms with Crippen molar-refractivity contribution in [1.82, 2.24) is 18.7 Å². The molecule has 0 amide bonds. The summed E-state index contributed by atoms with van der Waals surface area (Å²) < 4.78 is 15.8. The Balaban J connectivity index is 0.00000492. The molecular formula is C64H43N5OPt-2. The molecule has 4 aromatic heterocycles. The minimum Gasteiger partial charge on any atom is -0.510 e. The van der Waals surface area contributed by atoms with E-state index in [-0.39, 0.29) is 26.5 Å². The number of hydrogen-bond donors (Lipinski definition) is 0. The molecule has 0 saturated heterocycles. The van der Waals surface area contributed by atoms with E-state index in [0.29, 0.717) is 11.5 Å². The van der Waals surface area contributed by atoms with Crippen LogP contribution in [0.2, 0.25) is 0 Å². The zero-order valence-corrected chi connectivity index (χ0v) is 41.4. The van der Waals surface area contributed by atoms with Gasteiger partial charge in [-0.1, -0.05) is 160 Å². The van der Waals surface area contributed by atoms with Gasteiger partial charge in [0.05, 0.1) is 33.4 Å². The number of aromatic nitrogens is 5. The Morgan fingerprint density at radius 1 is 0.479 bits per heavy atom. The summed E-state index contributed by atoms with van der Waals surface area (Å²) in [6.07, 6.45) is 5.85. The maximum Gasteiger partial charge on any atom is 0.268 e. The number of para-hydroxylation sites is 5. The molecule has 1 aliphatic rings. The summed E-state index contributed by atoms with van der Waals surface area (Å²) in [5.41, 5.74) is 17.2. The topological polar surface area (TPSA) is 40.8 Å². The third-order valence-corrected chi connectivity index (χ3v) is 14.1. The van der Waals surface area contributed by atoms with Crippen LogP contribution in [0.15, 0.2) is 206 Å². The van der Waals surface area contributed by atoms with Crippen LogP contribution in [0.25, 0.3) is 111 Å². The fourth-order valence-corrected chi connectivity index (χ4v) is 10.9. The van der Waals surface area contributed by atoms with Crippen molar-refractivity contribution in [2.75, 3.05) is 0 Å². The van der Waals surface area contributed by atoms with Crippen LogP contribution < -0.4 is 9.30 Å². The van der Waals surface area contributed by atoms with E-state index in [1.165, 1.54) is 27.5 Å². The SMILES string of the molecule is CC(C)(C)c1ccnc(-n2c3[c-]c(Oc4[c-]c(-n5[c-][n+]6c7c(cccc75)-c5ccccc5-c5ccccc5-c5cccc(-n7c8ccccc8c8ccccc87)c5-6)ccc4)ccc3c3ccccc32)c1.[Pt]. The monoisotopic (exact) mass is 1090 g/mol. The van der Waals surface area contributed by atoms with Crippen molar-refractivity contribution in [3.05, 3.63) is 230 Å². The quantitative estimate of drug-likeness (QED) is 0.127. The van der Waals surface area contributed by atoms with Crippen molar-refractivity contribution in [3.8, 4) is 67.8 Å². The van der Waals surface area contributed by atoms with E-state index in [1.807, 2.05) is 24.4 Å². The molecule has 1 aliphatic heterocycles. The van der Waals surface area contributed by atoms with E-state index >= 15 is 0 Å². The third-order valence-electron chi connectivity index (χ3n) is 14.1. The molecule has 0 bridgehead atoms. The summed E-state index contributed by atoms with van der Waals surface area (Å²) >= 11 is 0. The van der Waals surface area contributed by atoms with Crippen molar-refractivity contribution in [3.63, 3.8) is 0 Å². The van der Waals surface area contributed by atoms with Crippen LogP contribution in [-0.2, 0) is 26.5 Å². The smallest absolute Gasteiger partial charge is 0.268 e. The second kappa shape index (κ2) is 16.4. The molecule has 342 valence electrons. The molecule has 14 rings (SSSR count). The Bertz CT molecular complexity index is 4230. The zero-order chi connectivity index (χ0) is 46.7. The first-order valence-electron chi connectivity index (χ1n) is 23.8. The largest absolute Gasteiger partial charge is 0.510 e. The van der Waals surface area contributed by atoms with Gasteiger partial charge in [-0.15, -0.1) is 29.7 Å². The van der Waals surface area contributed by atoms with E-state index in [9.17, 15) is 0 Å². The molecule has 0 atom stereocenters. The first kappa shape index (κ1) is 42.8. The van der Waals surface area contributed by atoms with Gasteiger partial charge in [-0.05, 0) is 91.8 Å². The summed E-state index contributed by atoms with van der Waals surface area (Å²) in [5, 5.41) is 4.63. The number of fused-ring (bicyclic) bond motifs is 13. The van der Waals surface area contributed by atoms with Gasteiger partial charge in [0.25, 0.3) is 6.33 Å². The van der Waals surface area contributed by atoms with Gasteiger partial charge < -0.3 is 18.4 Å². The molecule has 13 aromatic rings. The molecule has 0 unspecified atom stereocenters. The van der Waals surface area contributed by atoms with Crippen LogP contribution in [0.1, 0.15) is 26.3 Å². The maximum absolute atomic E-state index is 6.76. The normalized spacial score (nSPS) is 12.0. The fourth-order valence-electron chi connectivity index (χ4n) is 10.9. The van der Waals surface area contributed by atoms with Crippen molar-refractivity contribution < 1.29 is 30.4 Å². The fraction of sp³-hybridized carbons (Fsp3) is 0.0625. The number of rotatable bonds is 5. The van der Waals surface area contributed by atoms with Crippen LogP contribution in [0, 0.1) is 18.5 Å². The molecule has 7 heteroatoms. The molecule has 0 aliphatic carbocycles. The third kappa shape index (κ3) is 6.66. The van der Waals surface area contributed by atoms with E-state index in [1.54, 1.807) is 0 Å². The maximum atomic E-state index is 6.76. The molecule has 0 saturated carbocycles. The summed E-state index contributed by atoms with van der Waals surface area (Å²) in [6.45, 7) is 6.69. The van der Waals surface area contributed by atoms with Gasteiger partial charge in [-0.2, -0.15) is 18.2 Å². The van der Waals surface area contributed by atoms with Gasteiger partial charge >= 0.3 is 0 Å². The number of pyridine rings is 1. The van der Waals surface area contributed by atoms with E-state index in [4.69, 9.17) is 9.72 Å². The first-order chi connectivity index (χ1) is 34.4. The molecule has 6 nitrogen and oxygen atoms in total. The van der Waals surface area contributed by atoms with Gasteiger partial charge in [-0.3, -0.25) is 4.57 Å². The van der Waals surface area contributed by atoms with Crippen molar-refractivity contribution in [1.29, 1.82) is 0 Å². The Morgan fingerprint density at radius 3 is 1.70 bits per heavy atom.